The Morgan fingerprint density at radius 2 is 1.23 bits per heavy atom. The Morgan fingerprint density at radius 1 is 0.733 bits per heavy atom. The van der Waals surface area contributed by atoms with Crippen molar-refractivity contribution < 1.29 is 85.5 Å². The molecule has 0 bridgehead atoms. The average molecular weight is 488 g/mol. The second-order valence-corrected chi connectivity index (χ2v) is 4.97. The molecule has 0 aromatic carbocycles. The summed E-state index contributed by atoms with van der Waals surface area (Å²) in [6, 6.07) is 0. The van der Waals surface area contributed by atoms with Gasteiger partial charge in [-0.15, -0.1) is 0 Å². The van der Waals surface area contributed by atoms with Crippen molar-refractivity contribution in [3.63, 3.8) is 0 Å². The minimum Gasteiger partial charge on any atom is -0.394 e. The van der Waals surface area contributed by atoms with Gasteiger partial charge in [0.2, 0.25) is 0 Å². The van der Waals surface area contributed by atoms with Crippen molar-refractivity contribution in [1.29, 1.82) is 0 Å². The summed E-state index contributed by atoms with van der Waals surface area (Å²) in [6.45, 7) is -5.90. The topological polar surface area (TPSA) is 57.2 Å². The molecule has 0 fully saturated rings. The second kappa shape index (κ2) is 9.96. The molecule has 0 radical (unpaired) electrons. The maximum absolute atomic E-state index is 13.3. The molecule has 0 saturated heterocycles. The highest BCUT2D eigenvalue weighted by molar-refractivity contribution is 4.85. The summed E-state index contributed by atoms with van der Waals surface area (Å²) >= 11 is 0. The Labute approximate surface area is 156 Å². The lowest BCUT2D eigenvalue weighted by Gasteiger charge is -2.31. The van der Waals surface area contributed by atoms with Gasteiger partial charge in [0.25, 0.3) is 12.7 Å². The summed E-state index contributed by atoms with van der Waals surface area (Å²) in [5.74, 6) is -7.14. The molecule has 3 atom stereocenters. The van der Waals surface area contributed by atoms with Crippen LogP contribution < -0.4 is 0 Å². The third-order valence-electron chi connectivity index (χ3n) is 2.70. The molecule has 0 amide bonds. The van der Waals surface area contributed by atoms with E-state index < -0.39 is 69.3 Å². The van der Waals surface area contributed by atoms with Crippen LogP contribution in [0.1, 0.15) is 0 Å². The van der Waals surface area contributed by atoms with Gasteiger partial charge >= 0.3 is 30.4 Å². The number of rotatable bonds is 13. The zero-order valence-corrected chi connectivity index (χ0v) is 13.7. The van der Waals surface area contributed by atoms with E-state index in [9.17, 15) is 61.5 Å². The standard InChI is InChI=1S/C11H10F14O5/c12-3-27-5(13)7(15,16)28-2-4(1-26)29-8(17,18)6(14)30-11(24,25)9(19,20)10(21,22)23/h4-6,26H,1-3H2. The van der Waals surface area contributed by atoms with E-state index in [0.29, 0.717) is 0 Å². The summed E-state index contributed by atoms with van der Waals surface area (Å²) in [6.07, 6.45) is -36.6. The fourth-order valence-corrected chi connectivity index (χ4v) is 1.26. The number of alkyl halides is 14. The Kier molecular flexibility index (Phi) is 9.57. The molecule has 0 heterocycles. The van der Waals surface area contributed by atoms with Crippen LogP contribution in [0.25, 0.3) is 0 Å². The van der Waals surface area contributed by atoms with Crippen molar-refractivity contribution in [2.45, 2.75) is 49.2 Å². The molecule has 182 valence electrons. The van der Waals surface area contributed by atoms with Gasteiger partial charge in [0.05, 0.1) is 13.2 Å². The van der Waals surface area contributed by atoms with Crippen molar-refractivity contribution in [3.8, 4) is 0 Å². The Morgan fingerprint density at radius 3 is 1.63 bits per heavy atom. The molecule has 1 N–H and O–H groups in total. The molecule has 0 aromatic rings. The van der Waals surface area contributed by atoms with Crippen LogP contribution in [0.4, 0.5) is 61.5 Å². The number of aliphatic hydroxyl groups excluding tert-OH is 1. The van der Waals surface area contributed by atoms with E-state index in [2.05, 4.69) is 18.9 Å². The van der Waals surface area contributed by atoms with Gasteiger partial charge < -0.3 is 19.3 Å². The number of hydrogen-bond acceptors (Lipinski definition) is 5. The van der Waals surface area contributed by atoms with Crippen LogP contribution in [0.15, 0.2) is 0 Å². The van der Waals surface area contributed by atoms with Crippen LogP contribution in [0, 0.1) is 0 Å². The molecule has 0 aliphatic carbocycles. The van der Waals surface area contributed by atoms with Crippen molar-refractivity contribution in [2.75, 3.05) is 20.1 Å². The van der Waals surface area contributed by atoms with Gasteiger partial charge in [0.1, 0.15) is 6.10 Å². The van der Waals surface area contributed by atoms with Gasteiger partial charge in [-0.3, -0.25) is 4.74 Å². The van der Waals surface area contributed by atoms with Gasteiger partial charge in [-0.2, -0.15) is 48.3 Å². The zero-order valence-electron chi connectivity index (χ0n) is 13.7. The molecular formula is C11H10F14O5. The minimum atomic E-state index is -7.14. The van der Waals surface area contributed by atoms with Crippen LogP contribution >= 0.6 is 0 Å². The van der Waals surface area contributed by atoms with E-state index in [-0.39, 0.29) is 0 Å². The monoisotopic (exact) mass is 488 g/mol. The molecule has 0 spiro atoms. The lowest BCUT2D eigenvalue weighted by molar-refractivity contribution is -0.468. The van der Waals surface area contributed by atoms with E-state index in [4.69, 9.17) is 5.11 Å². The van der Waals surface area contributed by atoms with Crippen molar-refractivity contribution in [2.24, 2.45) is 0 Å². The number of ether oxygens (including phenoxy) is 4. The van der Waals surface area contributed by atoms with Crippen molar-refractivity contribution >= 4 is 0 Å². The predicted octanol–water partition coefficient (Wildman–Crippen LogP) is 3.91. The molecule has 0 saturated carbocycles. The quantitative estimate of drug-likeness (QED) is 0.399. The molecule has 5 nitrogen and oxygen atoms in total. The van der Waals surface area contributed by atoms with Gasteiger partial charge in [-0.25, -0.2) is 13.2 Å². The second-order valence-electron chi connectivity index (χ2n) is 4.97. The molecule has 3 unspecified atom stereocenters. The summed E-state index contributed by atoms with van der Waals surface area (Å²) in [5, 5.41) is 8.63. The fourth-order valence-electron chi connectivity index (χ4n) is 1.26. The van der Waals surface area contributed by atoms with E-state index in [1.165, 1.54) is 0 Å². The number of halogens is 14. The maximum atomic E-state index is 13.3. The maximum Gasteiger partial charge on any atom is 0.462 e. The summed E-state index contributed by atoms with van der Waals surface area (Å²) < 4.78 is 188. The summed E-state index contributed by atoms with van der Waals surface area (Å²) in [7, 11) is 0. The number of hydrogen-bond donors (Lipinski definition) is 1. The van der Waals surface area contributed by atoms with Crippen molar-refractivity contribution in [1.82, 2.24) is 0 Å². The largest absolute Gasteiger partial charge is 0.462 e. The van der Waals surface area contributed by atoms with Gasteiger partial charge in [0.15, 0.2) is 6.86 Å². The minimum absolute atomic E-state index is 1.81. The SMILES string of the molecule is OCC(COC(F)(F)C(F)OCF)OC(F)(F)C(F)OC(F)(F)C(F)(F)C(F)(F)F. The molecule has 19 heteroatoms. The normalized spacial score (nSPS) is 17.7. The first-order valence-electron chi connectivity index (χ1n) is 6.89. The van der Waals surface area contributed by atoms with E-state index in [1.807, 2.05) is 0 Å². The lowest BCUT2D eigenvalue weighted by Crippen LogP contribution is -2.56. The zero-order chi connectivity index (χ0) is 24.2. The van der Waals surface area contributed by atoms with Crippen LogP contribution in [0.3, 0.4) is 0 Å². The summed E-state index contributed by atoms with van der Waals surface area (Å²) in [5.41, 5.74) is 0. The van der Waals surface area contributed by atoms with E-state index in [1.54, 1.807) is 0 Å². The third kappa shape index (κ3) is 7.20. The van der Waals surface area contributed by atoms with E-state index in [0.717, 1.165) is 0 Å². The van der Waals surface area contributed by atoms with Gasteiger partial charge in [-0.05, 0) is 0 Å². The Hall–Kier alpha value is -1.18. The predicted molar refractivity (Wildman–Crippen MR) is 61.7 cm³/mol. The van der Waals surface area contributed by atoms with Crippen LogP contribution in [0.5, 0.6) is 0 Å². The average Bonchev–Trinajstić information content (AvgIpc) is 2.57. The summed E-state index contributed by atoms with van der Waals surface area (Å²) in [4.78, 5) is 0. The number of aliphatic hydroxyl groups is 1. The molecule has 0 aromatic heterocycles. The highest BCUT2D eigenvalue weighted by Crippen LogP contribution is 2.48. The first-order chi connectivity index (χ1) is 13.2. The molecule has 0 aliphatic rings. The Balaban J connectivity index is 5.17. The van der Waals surface area contributed by atoms with E-state index >= 15 is 0 Å². The lowest BCUT2D eigenvalue weighted by atomic mass is 10.3. The first kappa shape index (κ1) is 28.8. The fraction of sp³-hybridized carbons (Fsp3) is 1.00. The van der Waals surface area contributed by atoms with Gasteiger partial charge in [0, 0.05) is 0 Å². The first-order valence-corrected chi connectivity index (χ1v) is 6.89. The van der Waals surface area contributed by atoms with Crippen LogP contribution in [-0.4, -0.2) is 74.4 Å². The molecule has 0 rings (SSSR count). The molecular weight excluding hydrogens is 478 g/mol. The third-order valence-corrected chi connectivity index (χ3v) is 2.70. The van der Waals surface area contributed by atoms with Crippen molar-refractivity contribution in [3.05, 3.63) is 0 Å². The Bertz CT molecular complexity index is 527. The highest BCUT2D eigenvalue weighted by Gasteiger charge is 2.76. The van der Waals surface area contributed by atoms with Crippen LogP contribution in [0.2, 0.25) is 0 Å². The van der Waals surface area contributed by atoms with Crippen LogP contribution in [-0.2, 0) is 18.9 Å². The molecule has 30 heavy (non-hydrogen) atoms. The smallest absolute Gasteiger partial charge is 0.394 e. The highest BCUT2D eigenvalue weighted by atomic mass is 19.4. The van der Waals surface area contributed by atoms with Gasteiger partial charge in [-0.1, -0.05) is 0 Å². The molecule has 0 aliphatic heterocycles.